The number of nitrogens with two attached hydrogens (primary N) is 1. The van der Waals surface area contributed by atoms with Crippen LogP contribution in [-0.2, 0) is 0 Å². The van der Waals surface area contributed by atoms with Gasteiger partial charge in [-0.2, -0.15) is 0 Å². The van der Waals surface area contributed by atoms with Crippen LogP contribution in [-0.4, -0.2) is 7.11 Å². The normalized spacial score (nSPS) is 10.2. The van der Waals surface area contributed by atoms with Crippen molar-refractivity contribution in [2.45, 2.75) is 13.8 Å². The largest absolute Gasteiger partial charge is 0.494 e. The summed E-state index contributed by atoms with van der Waals surface area (Å²) in [6, 6.07) is 11.4. The van der Waals surface area contributed by atoms with E-state index in [0.717, 1.165) is 17.1 Å². The molecule has 0 radical (unpaired) electrons. The third-order valence-electron chi connectivity index (χ3n) is 2.99. The van der Waals surface area contributed by atoms with Gasteiger partial charge < -0.3 is 15.2 Å². The Hall–Kier alpha value is -2.16. The SMILES string of the molecule is COc1cc(Oc2cccc(C)c2C)ccc1N. The zero-order valence-electron chi connectivity index (χ0n) is 10.9. The zero-order valence-corrected chi connectivity index (χ0v) is 10.9. The molecule has 0 fully saturated rings. The predicted octanol–water partition coefficient (Wildman–Crippen LogP) is 3.69. The molecule has 0 unspecified atom stereocenters. The maximum absolute atomic E-state index is 5.85. The smallest absolute Gasteiger partial charge is 0.145 e. The summed E-state index contributed by atoms with van der Waals surface area (Å²) in [4.78, 5) is 0. The molecule has 0 aliphatic rings. The number of hydrogen-bond donors (Lipinski definition) is 1. The predicted molar refractivity (Wildman–Crippen MR) is 73.4 cm³/mol. The fourth-order valence-electron chi connectivity index (χ4n) is 1.72. The van der Waals surface area contributed by atoms with E-state index in [2.05, 4.69) is 13.0 Å². The standard InChI is InChI=1S/C15H17NO2/c1-10-5-4-6-14(11(10)2)18-12-7-8-13(16)15(9-12)17-3/h4-9H,16H2,1-3H3. The Morgan fingerprint density at radius 1 is 1.00 bits per heavy atom. The molecule has 2 N–H and O–H groups in total. The van der Waals surface area contributed by atoms with Gasteiger partial charge in [-0.1, -0.05) is 12.1 Å². The van der Waals surface area contributed by atoms with E-state index in [4.69, 9.17) is 15.2 Å². The van der Waals surface area contributed by atoms with Gasteiger partial charge in [0.15, 0.2) is 0 Å². The topological polar surface area (TPSA) is 44.5 Å². The molecule has 0 amide bonds. The van der Waals surface area contributed by atoms with E-state index >= 15 is 0 Å². The monoisotopic (exact) mass is 243 g/mol. The van der Waals surface area contributed by atoms with Crippen molar-refractivity contribution >= 4 is 5.69 Å². The highest BCUT2D eigenvalue weighted by atomic mass is 16.5. The van der Waals surface area contributed by atoms with Crippen LogP contribution in [0.2, 0.25) is 0 Å². The first-order valence-corrected chi connectivity index (χ1v) is 5.79. The third-order valence-corrected chi connectivity index (χ3v) is 2.99. The van der Waals surface area contributed by atoms with Crippen LogP contribution >= 0.6 is 0 Å². The first-order valence-electron chi connectivity index (χ1n) is 5.79. The van der Waals surface area contributed by atoms with Gasteiger partial charge in [0.2, 0.25) is 0 Å². The van der Waals surface area contributed by atoms with E-state index in [-0.39, 0.29) is 0 Å². The van der Waals surface area contributed by atoms with Gasteiger partial charge in [0.05, 0.1) is 12.8 Å². The number of ether oxygens (including phenoxy) is 2. The van der Waals surface area contributed by atoms with E-state index in [1.807, 2.05) is 25.1 Å². The molecule has 0 aliphatic carbocycles. The maximum atomic E-state index is 5.85. The minimum Gasteiger partial charge on any atom is -0.494 e. The van der Waals surface area contributed by atoms with Gasteiger partial charge >= 0.3 is 0 Å². The molecule has 2 aromatic rings. The van der Waals surface area contributed by atoms with Crippen molar-refractivity contribution in [2.24, 2.45) is 0 Å². The van der Waals surface area contributed by atoms with E-state index in [0.29, 0.717) is 11.4 Å². The first kappa shape index (κ1) is 12.3. The Morgan fingerprint density at radius 2 is 1.78 bits per heavy atom. The van der Waals surface area contributed by atoms with Crippen molar-refractivity contribution in [2.75, 3.05) is 12.8 Å². The van der Waals surface area contributed by atoms with E-state index in [1.54, 1.807) is 19.2 Å². The van der Waals surface area contributed by atoms with Gasteiger partial charge in [0.1, 0.15) is 17.2 Å². The Morgan fingerprint density at radius 3 is 2.50 bits per heavy atom. The molecule has 0 saturated carbocycles. The lowest BCUT2D eigenvalue weighted by molar-refractivity contribution is 0.411. The highest BCUT2D eigenvalue weighted by Gasteiger charge is 2.06. The molecule has 2 rings (SSSR count). The van der Waals surface area contributed by atoms with Gasteiger partial charge in [0, 0.05) is 6.07 Å². The average Bonchev–Trinajstić information content (AvgIpc) is 2.37. The van der Waals surface area contributed by atoms with Crippen molar-refractivity contribution in [1.82, 2.24) is 0 Å². The van der Waals surface area contributed by atoms with Crippen LogP contribution in [0.4, 0.5) is 5.69 Å². The van der Waals surface area contributed by atoms with Crippen LogP contribution < -0.4 is 15.2 Å². The van der Waals surface area contributed by atoms with Crippen LogP contribution in [0.5, 0.6) is 17.2 Å². The summed E-state index contributed by atoms with van der Waals surface area (Å²) in [7, 11) is 1.59. The second-order valence-corrected chi connectivity index (χ2v) is 4.20. The molecule has 3 nitrogen and oxygen atoms in total. The number of benzene rings is 2. The molecular formula is C15H17NO2. The number of methoxy groups -OCH3 is 1. The van der Waals surface area contributed by atoms with Crippen molar-refractivity contribution in [3.63, 3.8) is 0 Å². The van der Waals surface area contributed by atoms with Crippen LogP contribution in [0.3, 0.4) is 0 Å². The average molecular weight is 243 g/mol. The summed E-state index contributed by atoms with van der Waals surface area (Å²) in [5.74, 6) is 2.19. The summed E-state index contributed by atoms with van der Waals surface area (Å²) >= 11 is 0. The van der Waals surface area contributed by atoms with E-state index in [9.17, 15) is 0 Å². The maximum Gasteiger partial charge on any atom is 0.145 e. The number of hydrogen-bond acceptors (Lipinski definition) is 3. The van der Waals surface area contributed by atoms with Gasteiger partial charge in [-0.05, 0) is 43.2 Å². The molecule has 0 heterocycles. The summed E-state index contributed by atoms with van der Waals surface area (Å²) in [6.45, 7) is 4.10. The molecule has 0 aromatic heterocycles. The lowest BCUT2D eigenvalue weighted by Crippen LogP contribution is -1.94. The molecule has 0 aliphatic heterocycles. The first-order chi connectivity index (χ1) is 8.61. The van der Waals surface area contributed by atoms with Crippen LogP contribution in [0.1, 0.15) is 11.1 Å². The van der Waals surface area contributed by atoms with Crippen LogP contribution in [0.15, 0.2) is 36.4 Å². The highest BCUT2D eigenvalue weighted by molar-refractivity contribution is 5.56. The summed E-state index contributed by atoms with van der Waals surface area (Å²) in [5.41, 5.74) is 8.71. The molecule has 94 valence electrons. The Bertz CT molecular complexity index is 564. The van der Waals surface area contributed by atoms with Gasteiger partial charge in [-0.15, -0.1) is 0 Å². The molecule has 0 atom stereocenters. The molecular weight excluding hydrogens is 226 g/mol. The molecule has 3 heteroatoms. The van der Waals surface area contributed by atoms with E-state index < -0.39 is 0 Å². The number of aryl methyl sites for hydroxylation is 1. The summed E-state index contributed by atoms with van der Waals surface area (Å²) < 4.78 is 11.0. The van der Waals surface area contributed by atoms with Crippen molar-refractivity contribution in [1.29, 1.82) is 0 Å². The molecule has 18 heavy (non-hydrogen) atoms. The second-order valence-electron chi connectivity index (χ2n) is 4.20. The third kappa shape index (κ3) is 2.40. The lowest BCUT2D eigenvalue weighted by Gasteiger charge is -2.12. The van der Waals surface area contributed by atoms with Crippen molar-refractivity contribution in [3.05, 3.63) is 47.5 Å². The van der Waals surface area contributed by atoms with E-state index in [1.165, 1.54) is 5.56 Å². The minimum atomic E-state index is 0.603. The zero-order chi connectivity index (χ0) is 13.1. The Kier molecular flexibility index (Phi) is 3.42. The van der Waals surface area contributed by atoms with Crippen molar-refractivity contribution < 1.29 is 9.47 Å². The molecule has 2 aromatic carbocycles. The fraction of sp³-hybridized carbons (Fsp3) is 0.200. The van der Waals surface area contributed by atoms with Gasteiger partial charge in [0.25, 0.3) is 0 Å². The number of nitrogen functional groups attached to an aromatic ring is 1. The lowest BCUT2D eigenvalue weighted by atomic mass is 10.1. The van der Waals surface area contributed by atoms with Crippen LogP contribution in [0, 0.1) is 13.8 Å². The summed E-state index contributed by atoms with van der Waals surface area (Å²) in [6.07, 6.45) is 0. The van der Waals surface area contributed by atoms with Crippen LogP contribution in [0.25, 0.3) is 0 Å². The van der Waals surface area contributed by atoms with Gasteiger partial charge in [-0.3, -0.25) is 0 Å². The fourth-order valence-corrected chi connectivity index (χ4v) is 1.72. The highest BCUT2D eigenvalue weighted by Crippen LogP contribution is 2.31. The minimum absolute atomic E-state index is 0.603. The number of anilines is 1. The second kappa shape index (κ2) is 5.00. The Labute approximate surface area is 107 Å². The Balaban J connectivity index is 2.31. The molecule has 0 spiro atoms. The molecule has 0 bridgehead atoms. The quantitative estimate of drug-likeness (QED) is 0.836. The van der Waals surface area contributed by atoms with Crippen molar-refractivity contribution in [3.8, 4) is 17.2 Å². The summed E-state index contributed by atoms with van der Waals surface area (Å²) in [5, 5.41) is 0. The molecule has 0 saturated heterocycles. The number of rotatable bonds is 3. The van der Waals surface area contributed by atoms with Gasteiger partial charge in [-0.25, -0.2) is 0 Å².